The highest BCUT2D eigenvalue weighted by molar-refractivity contribution is 5.69. The molecule has 0 aliphatic rings. The Balaban J connectivity index is 2.63. The summed E-state index contributed by atoms with van der Waals surface area (Å²) in [4.78, 5) is 11.0. The van der Waals surface area contributed by atoms with E-state index in [9.17, 15) is 0 Å². The molecule has 2 rings (SSSR count). The van der Waals surface area contributed by atoms with Crippen molar-refractivity contribution < 1.29 is 14.2 Å². The van der Waals surface area contributed by atoms with Crippen molar-refractivity contribution in [2.24, 2.45) is 0 Å². The summed E-state index contributed by atoms with van der Waals surface area (Å²) in [5.74, 6) is 2.44. The maximum absolute atomic E-state index is 5.42. The molecule has 1 heterocycles. The fraction of sp³-hybridized carbons (Fsp3) is 0.412. The van der Waals surface area contributed by atoms with Crippen molar-refractivity contribution in [3.63, 3.8) is 0 Å². The van der Waals surface area contributed by atoms with E-state index in [1.54, 1.807) is 21.3 Å². The van der Waals surface area contributed by atoms with Crippen LogP contribution in [-0.4, -0.2) is 45.4 Å². The standard InChI is InChI=1S/C17H23N3O3/c1-7-12-10-13(19-17(18-12)20(2)3)11-8-14(21-4)16(23-6)15(9-11)22-5/h8-10H,7H2,1-6H3. The number of methoxy groups -OCH3 is 3. The van der Waals surface area contributed by atoms with Crippen LogP contribution in [0.2, 0.25) is 0 Å². The first-order chi connectivity index (χ1) is 11.0. The van der Waals surface area contributed by atoms with Gasteiger partial charge in [-0.3, -0.25) is 0 Å². The third-order valence-electron chi connectivity index (χ3n) is 3.49. The van der Waals surface area contributed by atoms with E-state index >= 15 is 0 Å². The maximum Gasteiger partial charge on any atom is 0.225 e. The van der Waals surface area contributed by atoms with Gasteiger partial charge in [0.2, 0.25) is 11.7 Å². The van der Waals surface area contributed by atoms with Gasteiger partial charge in [0.15, 0.2) is 11.5 Å². The van der Waals surface area contributed by atoms with E-state index in [1.807, 2.05) is 37.2 Å². The molecule has 23 heavy (non-hydrogen) atoms. The predicted octanol–water partition coefficient (Wildman–Crippen LogP) is 2.80. The molecule has 0 atom stereocenters. The van der Waals surface area contributed by atoms with E-state index in [1.165, 1.54) is 0 Å². The van der Waals surface area contributed by atoms with Crippen LogP contribution in [-0.2, 0) is 6.42 Å². The van der Waals surface area contributed by atoms with Gasteiger partial charge in [0.25, 0.3) is 0 Å². The van der Waals surface area contributed by atoms with Gasteiger partial charge < -0.3 is 19.1 Å². The summed E-state index contributed by atoms with van der Waals surface area (Å²) >= 11 is 0. The van der Waals surface area contributed by atoms with E-state index in [-0.39, 0.29) is 0 Å². The number of hydrogen-bond donors (Lipinski definition) is 0. The third-order valence-corrected chi connectivity index (χ3v) is 3.49. The van der Waals surface area contributed by atoms with Crippen LogP contribution in [0.5, 0.6) is 17.2 Å². The average Bonchev–Trinajstić information content (AvgIpc) is 2.59. The van der Waals surface area contributed by atoms with Crippen LogP contribution >= 0.6 is 0 Å². The van der Waals surface area contributed by atoms with Crippen LogP contribution in [0.4, 0.5) is 5.95 Å². The van der Waals surface area contributed by atoms with Gasteiger partial charge >= 0.3 is 0 Å². The highest BCUT2D eigenvalue weighted by Crippen LogP contribution is 2.41. The first kappa shape index (κ1) is 16.9. The van der Waals surface area contributed by atoms with Crippen molar-refractivity contribution >= 4 is 5.95 Å². The lowest BCUT2D eigenvalue weighted by atomic mass is 10.1. The van der Waals surface area contributed by atoms with Gasteiger partial charge in [-0.1, -0.05) is 6.92 Å². The molecule has 0 aliphatic heterocycles. The van der Waals surface area contributed by atoms with Gasteiger partial charge in [-0.05, 0) is 24.6 Å². The number of aromatic nitrogens is 2. The van der Waals surface area contributed by atoms with E-state index in [2.05, 4.69) is 16.9 Å². The second-order valence-electron chi connectivity index (χ2n) is 5.21. The first-order valence-electron chi connectivity index (χ1n) is 7.39. The molecule has 1 aromatic heterocycles. The van der Waals surface area contributed by atoms with Crippen molar-refractivity contribution in [1.29, 1.82) is 0 Å². The zero-order valence-corrected chi connectivity index (χ0v) is 14.5. The van der Waals surface area contributed by atoms with Gasteiger partial charge in [0.05, 0.1) is 27.0 Å². The number of aryl methyl sites for hydroxylation is 1. The van der Waals surface area contributed by atoms with Crippen LogP contribution in [0.1, 0.15) is 12.6 Å². The zero-order valence-electron chi connectivity index (χ0n) is 14.5. The minimum atomic E-state index is 0.566. The van der Waals surface area contributed by atoms with E-state index < -0.39 is 0 Å². The van der Waals surface area contributed by atoms with Crippen LogP contribution < -0.4 is 19.1 Å². The van der Waals surface area contributed by atoms with Gasteiger partial charge in [0.1, 0.15) is 0 Å². The molecular formula is C17H23N3O3. The Labute approximate surface area is 137 Å². The van der Waals surface area contributed by atoms with Crippen molar-refractivity contribution in [3.05, 3.63) is 23.9 Å². The summed E-state index contributed by atoms with van der Waals surface area (Å²) in [5.41, 5.74) is 2.69. The van der Waals surface area contributed by atoms with Crippen LogP contribution in [0.25, 0.3) is 11.3 Å². The predicted molar refractivity (Wildman–Crippen MR) is 90.8 cm³/mol. The van der Waals surface area contributed by atoms with Gasteiger partial charge in [0, 0.05) is 25.4 Å². The summed E-state index contributed by atoms with van der Waals surface area (Å²) in [6, 6.07) is 5.76. The normalized spacial score (nSPS) is 10.3. The Bertz CT molecular complexity index is 662. The van der Waals surface area contributed by atoms with Gasteiger partial charge in [-0.15, -0.1) is 0 Å². The van der Waals surface area contributed by atoms with Gasteiger partial charge in [-0.25, -0.2) is 9.97 Å². The van der Waals surface area contributed by atoms with E-state index in [0.717, 1.165) is 23.4 Å². The molecule has 0 amide bonds. The highest BCUT2D eigenvalue weighted by Gasteiger charge is 2.16. The Morgan fingerprint density at radius 1 is 0.913 bits per heavy atom. The fourth-order valence-corrected chi connectivity index (χ4v) is 2.24. The summed E-state index contributed by atoms with van der Waals surface area (Å²) in [5, 5.41) is 0. The number of rotatable bonds is 6. The summed E-state index contributed by atoms with van der Waals surface area (Å²) in [6.45, 7) is 2.07. The minimum Gasteiger partial charge on any atom is -0.493 e. The molecular weight excluding hydrogens is 294 g/mol. The second kappa shape index (κ2) is 7.17. The zero-order chi connectivity index (χ0) is 17.0. The minimum absolute atomic E-state index is 0.566. The average molecular weight is 317 g/mol. The number of nitrogens with zero attached hydrogens (tertiary/aromatic N) is 3. The van der Waals surface area contributed by atoms with Crippen molar-refractivity contribution in [1.82, 2.24) is 9.97 Å². The molecule has 0 unspecified atom stereocenters. The summed E-state index contributed by atoms with van der Waals surface area (Å²) in [6.07, 6.45) is 0.834. The largest absolute Gasteiger partial charge is 0.493 e. The summed E-state index contributed by atoms with van der Waals surface area (Å²) in [7, 11) is 8.64. The SMILES string of the molecule is CCc1cc(-c2cc(OC)c(OC)c(OC)c2)nc(N(C)C)n1. The Morgan fingerprint density at radius 3 is 1.96 bits per heavy atom. The second-order valence-corrected chi connectivity index (χ2v) is 5.21. The van der Waals surface area contributed by atoms with Crippen molar-refractivity contribution in [2.45, 2.75) is 13.3 Å². The molecule has 0 radical (unpaired) electrons. The molecule has 0 bridgehead atoms. The van der Waals surface area contributed by atoms with Crippen molar-refractivity contribution in [2.75, 3.05) is 40.3 Å². The van der Waals surface area contributed by atoms with Gasteiger partial charge in [-0.2, -0.15) is 0 Å². The molecule has 0 N–H and O–H groups in total. The quantitative estimate of drug-likeness (QED) is 0.816. The lowest BCUT2D eigenvalue weighted by Crippen LogP contribution is -2.14. The molecule has 2 aromatic rings. The van der Waals surface area contributed by atoms with Crippen LogP contribution in [0.15, 0.2) is 18.2 Å². The third kappa shape index (κ3) is 3.47. The van der Waals surface area contributed by atoms with E-state index in [0.29, 0.717) is 23.2 Å². The lowest BCUT2D eigenvalue weighted by molar-refractivity contribution is 0.324. The fourth-order valence-electron chi connectivity index (χ4n) is 2.24. The molecule has 124 valence electrons. The first-order valence-corrected chi connectivity index (χ1v) is 7.39. The van der Waals surface area contributed by atoms with E-state index in [4.69, 9.17) is 14.2 Å². The molecule has 0 saturated heterocycles. The highest BCUT2D eigenvalue weighted by atomic mass is 16.5. The monoisotopic (exact) mass is 317 g/mol. The van der Waals surface area contributed by atoms with Crippen molar-refractivity contribution in [3.8, 4) is 28.5 Å². The Kier molecular flexibility index (Phi) is 5.26. The van der Waals surface area contributed by atoms with Crippen LogP contribution in [0, 0.1) is 0 Å². The molecule has 0 aliphatic carbocycles. The lowest BCUT2D eigenvalue weighted by Gasteiger charge is -2.16. The summed E-state index contributed by atoms with van der Waals surface area (Å²) < 4.78 is 16.2. The number of hydrogen-bond acceptors (Lipinski definition) is 6. The smallest absolute Gasteiger partial charge is 0.225 e. The molecule has 6 heteroatoms. The van der Waals surface area contributed by atoms with Crippen LogP contribution in [0.3, 0.4) is 0 Å². The topological polar surface area (TPSA) is 56.7 Å². The number of ether oxygens (including phenoxy) is 3. The Hall–Kier alpha value is -2.50. The molecule has 0 saturated carbocycles. The maximum atomic E-state index is 5.42. The molecule has 1 aromatic carbocycles. The number of anilines is 1. The molecule has 0 fully saturated rings. The molecule has 6 nitrogen and oxygen atoms in total. The molecule has 0 spiro atoms. The Morgan fingerprint density at radius 2 is 1.52 bits per heavy atom. The number of benzene rings is 1.